The molecule has 8 heteroatoms. The van der Waals surface area contributed by atoms with Gasteiger partial charge in [-0.2, -0.15) is 0 Å². The molecule has 0 fully saturated rings. The Balaban J connectivity index is 1.23. The molecule has 0 aromatic heterocycles. The van der Waals surface area contributed by atoms with Crippen LogP contribution in [-0.2, 0) is 38.8 Å². The molecule has 38 heavy (non-hydrogen) atoms. The van der Waals surface area contributed by atoms with Gasteiger partial charge in [0.15, 0.2) is 0 Å². The lowest BCUT2D eigenvalue weighted by molar-refractivity contribution is -0.141. The van der Waals surface area contributed by atoms with Gasteiger partial charge in [-0.1, -0.05) is 30.3 Å². The van der Waals surface area contributed by atoms with Gasteiger partial charge in [0.1, 0.15) is 33.7 Å². The minimum Gasteiger partial charge on any atom is -0.493 e. The van der Waals surface area contributed by atoms with Crippen LogP contribution in [0.3, 0.4) is 0 Å². The Labute approximate surface area is 223 Å². The zero-order valence-corrected chi connectivity index (χ0v) is 22.5. The van der Waals surface area contributed by atoms with Gasteiger partial charge in [-0.3, -0.25) is 4.79 Å². The Morgan fingerprint density at radius 1 is 1.03 bits per heavy atom. The number of fused-ring (bicyclic) bond motifs is 2. The number of hydrogen-bond acceptors (Lipinski definition) is 7. The summed E-state index contributed by atoms with van der Waals surface area (Å²) in [5.74, 6) is 2.22. The molecule has 200 valence electrons. The first-order valence-corrected chi connectivity index (χ1v) is 14.9. The topological polar surface area (TPSA) is 88.1 Å². The van der Waals surface area contributed by atoms with Crippen molar-refractivity contribution in [1.29, 1.82) is 0 Å². The fraction of sp³-hybridized carbons (Fsp3) is 0.367. The van der Waals surface area contributed by atoms with E-state index in [0.717, 1.165) is 41.0 Å². The van der Waals surface area contributed by atoms with Crippen molar-refractivity contribution in [3.8, 4) is 28.4 Å². The largest absolute Gasteiger partial charge is 0.493 e. The highest BCUT2D eigenvalue weighted by molar-refractivity contribution is 7.90. The summed E-state index contributed by atoms with van der Waals surface area (Å²) >= 11 is 0. The van der Waals surface area contributed by atoms with Crippen LogP contribution in [0.25, 0.3) is 11.1 Å². The van der Waals surface area contributed by atoms with Gasteiger partial charge in [0.25, 0.3) is 0 Å². The van der Waals surface area contributed by atoms with Gasteiger partial charge in [0.2, 0.25) is 0 Å². The van der Waals surface area contributed by atoms with Gasteiger partial charge in [-0.25, -0.2) is 8.42 Å². The molecular weight excluding hydrogens is 504 g/mol. The molecule has 0 saturated heterocycles. The van der Waals surface area contributed by atoms with Crippen molar-refractivity contribution >= 4 is 15.8 Å². The van der Waals surface area contributed by atoms with E-state index in [2.05, 4.69) is 18.2 Å². The minimum absolute atomic E-state index is 0.00472. The first-order chi connectivity index (χ1) is 18.3. The lowest BCUT2D eigenvalue weighted by Gasteiger charge is -2.26. The standard InChI is InChI=1S/C30H32O7S/c1-34-30(31)16-22-19-37-29-17-23(7-8-25(22)29)36-18-20-5-3-6-21(15-20)24-11-12-28(27-10-9-26(24)27)35-13-4-14-38(2,32)33/h3,5-8,11-12,15,17,22H,4,9-10,13-14,16,18-19H2,1-2H3. The maximum atomic E-state index is 11.7. The van der Waals surface area contributed by atoms with Crippen molar-refractivity contribution in [3.63, 3.8) is 0 Å². The second-order valence-electron chi connectivity index (χ2n) is 9.88. The van der Waals surface area contributed by atoms with Crippen LogP contribution in [0.5, 0.6) is 17.2 Å². The zero-order chi connectivity index (χ0) is 26.7. The van der Waals surface area contributed by atoms with Gasteiger partial charge < -0.3 is 18.9 Å². The summed E-state index contributed by atoms with van der Waals surface area (Å²) in [6.45, 7) is 1.28. The van der Waals surface area contributed by atoms with Crippen LogP contribution >= 0.6 is 0 Å². The van der Waals surface area contributed by atoms with Crippen LogP contribution in [-0.4, -0.2) is 46.7 Å². The molecule has 1 heterocycles. The molecule has 1 aliphatic carbocycles. The zero-order valence-electron chi connectivity index (χ0n) is 21.7. The molecule has 1 aliphatic heterocycles. The maximum absolute atomic E-state index is 11.7. The van der Waals surface area contributed by atoms with E-state index in [4.69, 9.17) is 18.9 Å². The first-order valence-electron chi connectivity index (χ1n) is 12.8. The number of rotatable bonds is 11. The van der Waals surface area contributed by atoms with Gasteiger partial charge in [-0.15, -0.1) is 0 Å². The Hall–Kier alpha value is -3.52. The van der Waals surface area contributed by atoms with Gasteiger partial charge >= 0.3 is 5.97 Å². The van der Waals surface area contributed by atoms with Crippen LogP contribution in [0, 0.1) is 0 Å². The predicted octanol–water partition coefficient (Wildman–Crippen LogP) is 4.88. The fourth-order valence-electron chi connectivity index (χ4n) is 5.01. The van der Waals surface area contributed by atoms with E-state index in [1.165, 1.54) is 30.1 Å². The Morgan fingerprint density at radius 3 is 2.63 bits per heavy atom. The van der Waals surface area contributed by atoms with Crippen LogP contribution in [0.15, 0.2) is 54.6 Å². The summed E-state index contributed by atoms with van der Waals surface area (Å²) in [6, 6.07) is 18.2. The number of carbonyl (C=O) groups excluding carboxylic acids is 1. The van der Waals surface area contributed by atoms with Crippen molar-refractivity contribution in [2.75, 3.05) is 32.3 Å². The molecular formula is C30H32O7S. The summed E-state index contributed by atoms with van der Waals surface area (Å²) in [6.07, 6.45) is 4.00. The van der Waals surface area contributed by atoms with E-state index >= 15 is 0 Å². The molecule has 1 unspecified atom stereocenters. The summed E-state index contributed by atoms with van der Waals surface area (Å²) in [4.78, 5) is 11.7. The lowest BCUT2D eigenvalue weighted by atomic mass is 9.81. The number of methoxy groups -OCH3 is 1. The quantitative estimate of drug-likeness (QED) is 0.255. The molecule has 2 aliphatic rings. The van der Waals surface area contributed by atoms with Gasteiger partial charge in [0, 0.05) is 23.8 Å². The third-order valence-electron chi connectivity index (χ3n) is 7.08. The third-order valence-corrected chi connectivity index (χ3v) is 8.11. The number of ether oxygens (including phenoxy) is 4. The molecule has 0 amide bonds. The monoisotopic (exact) mass is 536 g/mol. The summed E-state index contributed by atoms with van der Waals surface area (Å²) in [5.41, 5.74) is 6.90. The summed E-state index contributed by atoms with van der Waals surface area (Å²) in [5, 5.41) is 0. The SMILES string of the molecule is COC(=O)CC1COc2cc(OCc3cccc(-c4ccc(OCCCS(C)(=O)=O)c5c4CC5)c3)ccc21. The molecule has 0 saturated carbocycles. The smallest absolute Gasteiger partial charge is 0.306 e. The molecule has 3 aromatic rings. The lowest BCUT2D eigenvalue weighted by Crippen LogP contribution is -2.14. The molecule has 7 nitrogen and oxygen atoms in total. The number of carbonyl (C=O) groups is 1. The third kappa shape index (κ3) is 5.96. The highest BCUT2D eigenvalue weighted by atomic mass is 32.2. The Bertz CT molecular complexity index is 1440. The average molecular weight is 537 g/mol. The average Bonchev–Trinajstić information content (AvgIpc) is 3.27. The van der Waals surface area contributed by atoms with E-state index < -0.39 is 9.84 Å². The van der Waals surface area contributed by atoms with Gasteiger partial charge in [0.05, 0.1) is 32.5 Å². The number of hydrogen-bond donors (Lipinski definition) is 0. The fourth-order valence-corrected chi connectivity index (χ4v) is 5.65. The normalized spacial score (nSPS) is 15.6. The van der Waals surface area contributed by atoms with Crippen LogP contribution in [0.1, 0.15) is 41.0 Å². The van der Waals surface area contributed by atoms with E-state index in [1.54, 1.807) is 0 Å². The molecule has 0 spiro atoms. The molecule has 1 atom stereocenters. The summed E-state index contributed by atoms with van der Waals surface area (Å²) < 4.78 is 45.3. The van der Waals surface area contributed by atoms with Crippen LogP contribution < -0.4 is 14.2 Å². The van der Waals surface area contributed by atoms with Crippen molar-refractivity contribution in [2.24, 2.45) is 0 Å². The predicted molar refractivity (Wildman–Crippen MR) is 145 cm³/mol. The number of esters is 1. The second kappa shape index (κ2) is 11.1. The molecule has 5 rings (SSSR count). The molecule has 0 bridgehead atoms. The van der Waals surface area contributed by atoms with Crippen molar-refractivity contribution in [2.45, 2.75) is 38.2 Å². The van der Waals surface area contributed by atoms with E-state index in [0.29, 0.717) is 38.4 Å². The Kier molecular flexibility index (Phi) is 7.61. The van der Waals surface area contributed by atoms with Crippen LogP contribution in [0.2, 0.25) is 0 Å². The maximum Gasteiger partial charge on any atom is 0.306 e. The minimum atomic E-state index is -2.97. The number of sulfone groups is 1. The van der Waals surface area contributed by atoms with E-state index in [1.807, 2.05) is 36.4 Å². The second-order valence-corrected chi connectivity index (χ2v) is 12.1. The van der Waals surface area contributed by atoms with Crippen molar-refractivity contribution in [1.82, 2.24) is 0 Å². The Morgan fingerprint density at radius 2 is 1.87 bits per heavy atom. The van der Waals surface area contributed by atoms with Crippen molar-refractivity contribution < 1.29 is 32.2 Å². The highest BCUT2D eigenvalue weighted by Gasteiger charge is 2.27. The molecule has 3 aromatic carbocycles. The summed E-state index contributed by atoms with van der Waals surface area (Å²) in [7, 11) is -1.58. The molecule has 0 radical (unpaired) electrons. The van der Waals surface area contributed by atoms with Gasteiger partial charge in [-0.05, 0) is 65.3 Å². The van der Waals surface area contributed by atoms with E-state index in [9.17, 15) is 13.2 Å². The number of benzene rings is 3. The first kappa shape index (κ1) is 26.1. The highest BCUT2D eigenvalue weighted by Crippen LogP contribution is 2.40. The molecule has 0 N–H and O–H groups in total. The van der Waals surface area contributed by atoms with Crippen LogP contribution in [0.4, 0.5) is 0 Å². The van der Waals surface area contributed by atoms with Crippen molar-refractivity contribution in [3.05, 3.63) is 76.9 Å². The van der Waals surface area contributed by atoms with E-state index in [-0.39, 0.29) is 17.6 Å².